The van der Waals surface area contributed by atoms with Crippen LogP contribution in [0.1, 0.15) is 23.6 Å². The normalized spacial score (nSPS) is 15.9. The number of anilines is 1. The van der Waals surface area contributed by atoms with E-state index in [9.17, 15) is 19.5 Å². The van der Waals surface area contributed by atoms with Gasteiger partial charge in [0, 0.05) is 23.7 Å². The monoisotopic (exact) mass is 470 g/mol. The van der Waals surface area contributed by atoms with Crippen molar-refractivity contribution < 1.29 is 19.5 Å². The average molecular weight is 471 g/mol. The van der Waals surface area contributed by atoms with Crippen LogP contribution in [0.3, 0.4) is 0 Å². The van der Waals surface area contributed by atoms with Crippen molar-refractivity contribution in [3.05, 3.63) is 95.6 Å². The summed E-state index contributed by atoms with van der Waals surface area (Å²) in [7, 11) is 1.64. The Labute approximate surface area is 203 Å². The van der Waals surface area contributed by atoms with E-state index >= 15 is 0 Å². The number of rotatable bonds is 6. The van der Waals surface area contributed by atoms with E-state index in [4.69, 9.17) is 0 Å². The molecule has 3 aromatic carbocycles. The van der Waals surface area contributed by atoms with Gasteiger partial charge in [-0.1, -0.05) is 66.7 Å². The average Bonchev–Trinajstić information content (AvgIpc) is 2.96. The SMILES string of the molecule is C[C@H](NC(=O)Cc1ccccc1O)C(=O)N[C@H]1N=C(c2ccccc2)c2ccccc2N(C)C1=O. The van der Waals surface area contributed by atoms with Crippen LogP contribution < -0.4 is 15.5 Å². The Morgan fingerprint density at radius 3 is 2.40 bits per heavy atom. The van der Waals surface area contributed by atoms with Crippen LogP contribution in [-0.2, 0) is 20.8 Å². The summed E-state index contributed by atoms with van der Waals surface area (Å²) in [5.41, 5.74) is 3.30. The highest BCUT2D eigenvalue weighted by Crippen LogP contribution is 2.27. The van der Waals surface area contributed by atoms with E-state index in [0.717, 1.165) is 11.1 Å². The number of carbonyl (C=O) groups is 3. The van der Waals surface area contributed by atoms with Gasteiger partial charge in [0.05, 0.1) is 17.8 Å². The highest BCUT2D eigenvalue weighted by Gasteiger charge is 2.32. The Bertz CT molecular complexity index is 1290. The molecule has 0 aromatic heterocycles. The van der Waals surface area contributed by atoms with E-state index in [1.807, 2.05) is 54.6 Å². The van der Waals surface area contributed by atoms with Crippen molar-refractivity contribution in [2.45, 2.75) is 25.6 Å². The maximum absolute atomic E-state index is 13.2. The second kappa shape index (κ2) is 10.2. The van der Waals surface area contributed by atoms with Crippen molar-refractivity contribution in [3.8, 4) is 5.75 Å². The molecule has 0 saturated heterocycles. The number of phenols is 1. The summed E-state index contributed by atoms with van der Waals surface area (Å²) >= 11 is 0. The number of hydrogen-bond donors (Lipinski definition) is 3. The molecule has 8 nitrogen and oxygen atoms in total. The van der Waals surface area contributed by atoms with Gasteiger partial charge in [-0.15, -0.1) is 0 Å². The number of aromatic hydroxyl groups is 1. The first-order valence-electron chi connectivity index (χ1n) is 11.2. The molecule has 1 aliphatic rings. The predicted octanol–water partition coefficient (Wildman–Crippen LogP) is 2.40. The van der Waals surface area contributed by atoms with Crippen molar-refractivity contribution in [3.63, 3.8) is 0 Å². The number of amides is 3. The third-order valence-electron chi connectivity index (χ3n) is 5.78. The van der Waals surface area contributed by atoms with Gasteiger partial charge >= 0.3 is 0 Å². The van der Waals surface area contributed by atoms with Gasteiger partial charge < -0.3 is 20.6 Å². The third-order valence-corrected chi connectivity index (χ3v) is 5.78. The maximum atomic E-state index is 13.2. The van der Waals surface area contributed by atoms with Gasteiger partial charge in [0.15, 0.2) is 0 Å². The van der Waals surface area contributed by atoms with E-state index in [-0.39, 0.29) is 12.2 Å². The summed E-state index contributed by atoms with van der Waals surface area (Å²) in [6.45, 7) is 1.53. The first kappa shape index (κ1) is 23.7. The summed E-state index contributed by atoms with van der Waals surface area (Å²) in [5.74, 6) is -1.37. The zero-order valence-corrected chi connectivity index (χ0v) is 19.4. The molecule has 0 saturated carbocycles. The molecule has 8 heteroatoms. The van der Waals surface area contributed by atoms with Crippen LogP contribution in [0.25, 0.3) is 0 Å². The molecule has 0 radical (unpaired) electrons. The van der Waals surface area contributed by atoms with Gasteiger partial charge in [-0.25, -0.2) is 4.99 Å². The lowest BCUT2D eigenvalue weighted by Gasteiger charge is -2.22. The summed E-state index contributed by atoms with van der Waals surface area (Å²) in [5, 5.41) is 15.2. The lowest BCUT2D eigenvalue weighted by molar-refractivity contribution is -0.130. The van der Waals surface area contributed by atoms with Crippen molar-refractivity contribution >= 4 is 29.1 Å². The van der Waals surface area contributed by atoms with Crippen LogP contribution in [0.15, 0.2) is 83.9 Å². The number of carbonyl (C=O) groups excluding carboxylic acids is 3. The second-order valence-corrected chi connectivity index (χ2v) is 8.26. The smallest absolute Gasteiger partial charge is 0.272 e. The van der Waals surface area contributed by atoms with Gasteiger partial charge in [0.2, 0.25) is 18.0 Å². The van der Waals surface area contributed by atoms with E-state index < -0.39 is 29.9 Å². The van der Waals surface area contributed by atoms with E-state index in [1.165, 1.54) is 17.9 Å². The van der Waals surface area contributed by atoms with E-state index in [2.05, 4.69) is 15.6 Å². The number of aliphatic imine (C=N–C) groups is 1. The van der Waals surface area contributed by atoms with Gasteiger partial charge in [-0.3, -0.25) is 14.4 Å². The molecule has 4 rings (SSSR count). The molecule has 178 valence electrons. The number of nitrogens with zero attached hydrogens (tertiary/aromatic N) is 2. The van der Waals surface area contributed by atoms with Gasteiger partial charge in [0.25, 0.3) is 5.91 Å². The molecular weight excluding hydrogens is 444 g/mol. The maximum Gasteiger partial charge on any atom is 0.272 e. The van der Waals surface area contributed by atoms with Crippen molar-refractivity contribution in [1.82, 2.24) is 10.6 Å². The number of phenolic OH excluding ortho intramolecular Hbond substituents is 1. The number of benzodiazepines with no additional fused rings is 1. The molecular formula is C27H26N4O4. The van der Waals surface area contributed by atoms with Gasteiger partial charge in [-0.05, 0) is 19.1 Å². The van der Waals surface area contributed by atoms with Crippen molar-refractivity contribution in [2.75, 3.05) is 11.9 Å². The van der Waals surface area contributed by atoms with Crippen LogP contribution >= 0.6 is 0 Å². The lowest BCUT2D eigenvalue weighted by Crippen LogP contribution is -2.52. The molecule has 0 aliphatic carbocycles. The van der Waals surface area contributed by atoms with Crippen LogP contribution in [-0.4, -0.2) is 47.8 Å². The summed E-state index contributed by atoms with van der Waals surface area (Å²) < 4.78 is 0. The molecule has 0 fully saturated rings. The van der Waals surface area contributed by atoms with Crippen LogP contribution in [0.4, 0.5) is 5.69 Å². The number of fused-ring (bicyclic) bond motifs is 1. The molecule has 0 spiro atoms. The number of hydrogen-bond acceptors (Lipinski definition) is 5. The molecule has 35 heavy (non-hydrogen) atoms. The fraction of sp³-hybridized carbons (Fsp3) is 0.185. The van der Waals surface area contributed by atoms with Crippen LogP contribution in [0, 0.1) is 0 Å². The fourth-order valence-electron chi connectivity index (χ4n) is 3.89. The largest absolute Gasteiger partial charge is 0.508 e. The third kappa shape index (κ3) is 5.22. The van der Waals surface area contributed by atoms with E-state index in [1.54, 1.807) is 25.2 Å². The van der Waals surface area contributed by atoms with Crippen molar-refractivity contribution in [1.29, 1.82) is 0 Å². The number of benzene rings is 3. The minimum Gasteiger partial charge on any atom is -0.508 e. The lowest BCUT2D eigenvalue weighted by atomic mass is 10.0. The quantitative estimate of drug-likeness (QED) is 0.514. The zero-order valence-electron chi connectivity index (χ0n) is 19.4. The van der Waals surface area contributed by atoms with E-state index in [0.29, 0.717) is 17.0 Å². The highest BCUT2D eigenvalue weighted by atomic mass is 16.3. The fourth-order valence-corrected chi connectivity index (χ4v) is 3.89. The van der Waals surface area contributed by atoms with Gasteiger partial charge in [0.1, 0.15) is 11.8 Å². The topological polar surface area (TPSA) is 111 Å². The predicted molar refractivity (Wildman–Crippen MR) is 133 cm³/mol. The minimum absolute atomic E-state index is 0.00851. The Balaban J connectivity index is 1.54. The Morgan fingerprint density at radius 1 is 1.00 bits per heavy atom. The molecule has 2 atom stereocenters. The van der Waals surface area contributed by atoms with Crippen LogP contribution in [0.2, 0.25) is 0 Å². The minimum atomic E-state index is -1.17. The molecule has 1 aliphatic heterocycles. The summed E-state index contributed by atoms with van der Waals surface area (Å²) in [6, 6.07) is 22.5. The first-order chi connectivity index (χ1) is 16.8. The molecule has 1 heterocycles. The molecule has 3 aromatic rings. The first-order valence-corrected chi connectivity index (χ1v) is 11.2. The Morgan fingerprint density at radius 2 is 1.66 bits per heavy atom. The summed E-state index contributed by atoms with van der Waals surface area (Å²) in [6.07, 6.45) is -1.26. The van der Waals surface area contributed by atoms with Crippen molar-refractivity contribution in [2.24, 2.45) is 4.99 Å². The van der Waals surface area contributed by atoms with Crippen LogP contribution in [0.5, 0.6) is 5.75 Å². The number of para-hydroxylation sites is 2. The molecule has 3 amide bonds. The molecule has 0 unspecified atom stereocenters. The molecule has 0 bridgehead atoms. The second-order valence-electron chi connectivity index (χ2n) is 8.26. The highest BCUT2D eigenvalue weighted by molar-refractivity contribution is 6.20. The summed E-state index contributed by atoms with van der Waals surface area (Å²) in [4.78, 5) is 44.7. The standard InChI is InChI=1S/C27H26N4O4/c1-17(28-23(33)16-19-12-6-9-15-22(19)32)26(34)30-25-27(35)31(2)21-14-8-7-13-20(21)24(29-25)18-10-4-3-5-11-18/h3-15,17,25,32H,16H2,1-2H3,(H,28,33)(H,30,34)/t17-,25+/m0/s1. The Kier molecular flexibility index (Phi) is 6.91. The Hall–Kier alpha value is -4.46. The number of nitrogens with one attached hydrogen (secondary N) is 2. The number of likely N-dealkylation sites (N-methyl/N-ethyl adjacent to an activating group) is 1. The zero-order chi connectivity index (χ0) is 24.9. The van der Waals surface area contributed by atoms with Gasteiger partial charge in [-0.2, -0.15) is 0 Å². The molecule has 3 N–H and O–H groups in total.